The molecule has 2 aromatic heterocycles. The maximum Gasteiger partial charge on any atom is 0.469 e. The number of phosphoric acid groups is 1. The van der Waals surface area contributed by atoms with Crippen LogP contribution in [0, 0.1) is 11.3 Å². The summed E-state index contributed by atoms with van der Waals surface area (Å²) in [5.41, 5.74) is 0.455. The minimum atomic E-state index is -4.65. The molecule has 0 aliphatic heterocycles. The summed E-state index contributed by atoms with van der Waals surface area (Å²) in [5.74, 6) is 0.525. The van der Waals surface area contributed by atoms with Gasteiger partial charge in [-0.15, -0.1) is 0 Å². The molecule has 0 radical (unpaired) electrons. The van der Waals surface area contributed by atoms with Crippen LogP contribution < -0.4 is 5.32 Å². The molecule has 4 N–H and O–H groups in total. The first-order valence-corrected chi connectivity index (χ1v) is 9.62. The van der Waals surface area contributed by atoms with Gasteiger partial charge >= 0.3 is 7.82 Å². The van der Waals surface area contributed by atoms with Gasteiger partial charge in [0.1, 0.15) is 0 Å². The maximum absolute atomic E-state index is 11.3. The molecule has 0 spiro atoms. The molecule has 2 fully saturated rings. The minimum Gasteiger partial charge on any atom is -0.396 e. The van der Waals surface area contributed by atoms with Gasteiger partial charge in [0.2, 0.25) is 5.28 Å². The van der Waals surface area contributed by atoms with Crippen molar-refractivity contribution < 1.29 is 24.0 Å². The molecular weight excluding hydrogens is 373 g/mol. The van der Waals surface area contributed by atoms with Gasteiger partial charge in [-0.25, -0.2) is 9.55 Å². The second-order valence-corrected chi connectivity index (χ2v) is 8.03. The number of nitrogens with zero attached hydrogens (tertiary/aromatic N) is 4. The van der Waals surface area contributed by atoms with Crippen LogP contribution in [0.1, 0.15) is 18.9 Å². The second-order valence-electron chi connectivity index (χ2n) is 6.50. The maximum atomic E-state index is 11.3. The van der Waals surface area contributed by atoms with Gasteiger partial charge in [0.05, 0.1) is 19.0 Å². The normalized spacial score (nSPS) is 31.3. The Balaban J connectivity index is 1.73. The Kier molecular flexibility index (Phi) is 3.84. The van der Waals surface area contributed by atoms with E-state index >= 15 is 0 Å². The molecule has 136 valence electrons. The summed E-state index contributed by atoms with van der Waals surface area (Å²) < 4.78 is 18.1. The average molecular weight is 390 g/mol. The Labute approximate surface area is 147 Å². The first-order valence-electron chi connectivity index (χ1n) is 7.71. The molecule has 2 aliphatic rings. The smallest absolute Gasteiger partial charge is 0.396 e. The first-order chi connectivity index (χ1) is 11.8. The molecule has 12 heteroatoms. The molecule has 4 rings (SSSR count). The number of phosphoric ester groups is 1. The molecule has 2 saturated carbocycles. The highest BCUT2D eigenvalue weighted by Crippen LogP contribution is 2.70. The Morgan fingerprint density at radius 2 is 2.28 bits per heavy atom. The Morgan fingerprint density at radius 3 is 2.92 bits per heavy atom. The van der Waals surface area contributed by atoms with Crippen molar-refractivity contribution in [2.75, 3.05) is 19.0 Å². The summed E-state index contributed by atoms with van der Waals surface area (Å²) in [6.07, 6.45) is 1.85. The Morgan fingerprint density at radius 1 is 1.52 bits per heavy atom. The fraction of sp³-hybridized carbons (Fsp3) is 0.615. The van der Waals surface area contributed by atoms with Crippen LogP contribution in [0.3, 0.4) is 0 Å². The summed E-state index contributed by atoms with van der Waals surface area (Å²) in [6.45, 7) is -0.191. The number of hydrogen-bond acceptors (Lipinski definition) is 7. The van der Waals surface area contributed by atoms with Crippen LogP contribution in [0.15, 0.2) is 6.33 Å². The van der Waals surface area contributed by atoms with Crippen molar-refractivity contribution >= 4 is 36.4 Å². The average Bonchev–Trinajstić information content (AvgIpc) is 3.03. The summed E-state index contributed by atoms with van der Waals surface area (Å²) in [6, 6.07) is -0.149. The van der Waals surface area contributed by atoms with Crippen molar-refractivity contribution in [3.05, 3.63) is 11.6 Å². The Bertz CT molecular complexity index is 887. The molecule has 0 amide bonds. The lowest BCUT2D eigenvalue weighted by atomic mass is 10.0. The molecule has 0 bridgehead atoms. The van der Waals surface area contributed by atoms with E-state index in [1.807, 2.05) is 4.57 Å². The van der Waals surface area contributed by atoms with Crippen molar-refractivity contribution in [1.82, 2.24) is 19.5 Å². The quantitative estimate of drug-likeness (QED) is 0.434. The van der Waals surface area contributed by atoms with Gasteiger partial charge in [-0.1, -0.05) is 0 Å². The zero-order chi connectivity index (χ0) is 18.0. The van der Waals surface area contributed by atoms with Crippen LogP contribution in [0.5, 0.6) is 0 Å². The largest absolute Gasteiger partial charge is 0.469 e. The van der Waals surface area contributed by atoms with Gasteiger partial charge < -0.3 is 24.8 Å². The van der Waals surface area contributed by atoms with Crippen LogP contribution in [0.2, 0.25) is 5.28 Å². The van der Waals surface area contributed by atoms with Crippen LogP contribution in [-0.2, 0) is 9.09 Å². The van der Waals surface area contributed by atoms with E-state index in [1.165, 1.54) is 0 Å². The Hall–Kier alpha value is -1.29. The highest BCUT2D eigenvalue weighted by Gasteiger charge is 2.69. The third kappa shape index (κ3) is 2.64. The van der Waals surface area contributed by atoms with Gasteiger partial charge in [-0.05, 0) is 30.4 Å². The predicted molar refractivity (Wildman–Crippen MR) is 88.1 cm³/mol. The zero-order valence-electron chi connectivity index (χ0n) is 13.2. The van der Waals surface area contributed by atoms with Gasteiger partial charge in [-0.3, -0.25) is 4.52 Å². The van der Waals surface area contributed by atoms with Crippen LogP contribution in [0.25, 0.3) is 11.2 Å². The summed E-state index contributed by atoms with van der Waals surface area (Å²) in [5, 5.41) is 12.8. The van der Waals surface area contributed by atoms with Gasteiger partial charge in [0.25, 0.3) is 0 Å². The number of hydrogen-bond donors (Lipinski definition) is 4. The van der Waals surface area contributed by atoms with E-state index in [9.17, 15) is 9.67 Å². The number of rotatable bonds is 5. The van der Waals surface area contributed by atoms with Crippen LogP contribution in [0.4, 0.5) is 5.82 Å². The summed E-state index contributed by atoms with van der Waals surface area (Å²) in [4.78, 5) is 31.0. The standard InChI is InChI=1S/C13H17ClN5O5P/c1-15-10-9-11(18-12(14)17-10)19(5-16-9)7-2-8(24-25(21,22)23)13(4-20)3-6(7)13/h5-8,20H,2-4H2,1H3,(H,15,17,18)(H2,21,22,23)/t6?,7-,8?,13-/m0/s1. The number of nitrogens with one attached hydrogen (secondary N) is 1. The lowest BCUT2D eigenvalue weighted by molar-refractivity contribution is 0.0521. The van der Waals surface area contributed by atoms with Crippen molar-refractivity contribution in [3.8, 4) is 0 Å². The fourth-order valence-electron chi connectivity index (χ4n) is 4.07. The molecule has 2 aliphatic carbocycles. The van der Waals surface area contributed by atoms with Crippen molar-refractivity contribution in [2.24, 2.45) is 11.3 Å². The van der Waals surface area contributed by atoms with Crippen LogP contribution in [-0.4, -0.2) is 54.2 Å². The van der Waals surface area contributed by atoms with E-state index in [4.69, 9.17) is 25.9 Å². The molecule has 2 unspecified atom stereocenters. The number of fused-ring (bicyclic) bond motifs is 2. The number of anilines is 1. The molecule has 0 saturated heterocycles. The lowest BCUT2D eigenvalue weighted by Gasteiger charge is -2.22. The van der Waals surface area contributed by atoms with Gasteiger partial charge in [-0.2, -0.15) is 9.97 Å². The minimum absolute atomic E-state index is 0.0261. The molecular formula is C13H17ClN5O5P. The first kappa shape index (κ1) is 17.1. The van der Waals surface area contributed by atoms with Gasteiger partial charge in [0, 0.05) is 18.5 Å². The number of aliphatic hydroxyl groups excluding tert-OH is 1. The highest BCUT2D eigenvalue weighted by molar-refractivity contribution is 7.46. The zero-order valence-corrected chi connectivity index (χ0v) is 14.9. The second kappa shape index (κ2) is 5.60. The highest BCUT2D eigenvalue weighted by atomic mass is 35.5. The van der Waals surface area contributed by atoms with E-state index in [1.54, 1.807) is 13.4 Å². The monoisotopic (exact) mass is 389 g/mol. The SMILES string of the molecule is CNc1nc(Cl)nc2c1ncn2[C@H]1CC(OP(=O)(O)O)[C@]2(CO)CC12. The molecule has 2 heterocycles. The lowest BCUT2D eigenvalue weighted by Crippen LogP contribution is -2.25. The number of aromatic nitrogens is 4. The topological polar surface area (TPSA) is 143 Å². The summed E-state index contributed by atoms with van der Waals surface area (Å²) >= 11 is 5.98. The fourth-order valence-corrected chi connectivity index (χ4v) is 4.86. The van der Waals surface area contributed by atoms with E-state index in [2.05, 4.69) is 20.3 Å². The van der Waals surface area contributed by atoms with Crippen molar-refractivity contribution in [3.63, 3.8) is 0 Å². The number of aliphatic hydroxyl groups is 1. The molecule has 0 aromatic carbocycles. The van der Waals surface area contributed by atoms with Crippen LogP contribution >= 0.6 is 19.4 Å². The third-order valence-electron chi connectivity index (χ3n) is 5.29. The summed E-state index contributed by atoms with van der Waals surface area (Å²) in [7, 11) is -2.94. The molecule has 4 atom stereocenters. The molecule has 2 aromatic rings. The van der Waals surface area contributed by atoms with E-state index < -0.39 is 19.3 Å². The van der Waals surface area contributed by atoms with E-state index in [0.29, 0.717) is 29.8 Å². The predicted octanol–water partition coefficient (Wildman–Crippen LogP) is 0.943. The van der Waals surface area contributed by atoms with E-state index in [0.717, 1.165) is 0 Å². The van der Waals surface area contributed by atoms with E-state index in [-0.39, 0.29) is 23.9 Å². The number of halogens is 1. The molecule has 10 nitrogen and oxygen atoms in total. The van der Waals surface area contributed by atoms with Gasteiger partial charge in [0.15, 0.2) is 17.0 Å². The van der Waals surface area contributed by atoms with Crippen molar-refractivity contribution in [1.29, 1.82) is 0 Å². The molecule has 25 heavy (non-hydrogen) atoms. The van der Waals surface area contributed by atoms with Crippen molar-refractivity contribution in [2.45, 2.75) is 25.0 Å². The third-order valence-corrected chi connectivity index (χ3v) is 5.98. The number of imidazole rings is 1.